The van der Waals surface area contributed by atoms with Crippen LogP contribution in [0.4, 0.5) is 5.69 Å². The average molecular weight is 289 g/mol. The van der Waals surface area contributed by atoms with E-state index >= 15 is 0 Å². The number of nitrogens with one attached hydrogen (secondary N) is 1. The van der Waals surface area contributed by atoms with Crippen molar-refractivity contribution in [3.05, 3.63) is 72.3 Å². The van der Waals surface area contributed by atoms with E-state index in [9.17, 15) is 5.11 Å². The monoisotopic (exact) mass is 289 g/mol. The number of aromatic hydroxyl groups is 1. The third-order valence-corrected chi connectivity index (χ3v) is 3.82. The van der Waals surface area contributed by atoms with Crippen molar-refractivity contribution in [1.82, 2.24) is 0 Å². The molecule has 0 aliphatic rings. The van der Waals surface area contributed by atoms with E-state index < -0.39 is 0 Å². The molecule has 2 N–H and O–H groups in total. The lowest BCUT2D eigenvalue weighted by Crippen LogP contribution is -1.99. The molecule has 0 saturated carbocycles. The molecular weight excluding hydrogens is 274 g/mol. The first-order valence-corrected chi connectivity index (χ1v) is 7.23. The molecule has 0 spiro atoms. The molecule has 0 fully saturated rings. The van der Waals surface area contributed by atoms with Gasteiger partial charge in [0.1, 0.15) is 11.3 Å². The molecule has 0 amide bonds. The third kappa shape index (κ3) is 2.17. The molecule has 0 unspecified atom stereocenters. The molecule has 0 bridgehead atoms. The summed E-state index contributed by atoms with van der Waals surface area (Å²) < 4.78 is 5.99. The Kier molecular flexibility index (Phi) is 2.97. The second kappa shape index (κ2) is 5.11. The molecule has 108 valence electrons. The number of phenols is 1. The highest BCUT2D eigenvalue weighted by atomic mass is 16.3. The summed E-state index contributed by atoms with van der Waals surface area (Å²) in [5.41, 5.74) is 3.85. The molecule has 3 aromatic carbocycles. The molecule has 3 nitrogen and oxygen atoms in total. The first kappa shape index (κ1) is 12.8. The summed E-state index contributed by atoms with van der Waals surface area (Å²) in [7, 11) is 0. The van der Waals surface area contributed by atoms with Crippen molar-refractivity contribution < 1.29 is 9.52 Å². The highest BCUT2D eigenvalue weighted by Gasteiger charge is 2.09. The van der Waals surface area contributed by atoms with Crippen LogP contribution in [0, 0.1) is 0 Å². The van der Waals surface area contributed by atoms with Crippen molar-refractivity contribution >= 4 is 27.6 Å². The van der Waals surface area contributed by atoms with Crippen molar-refractivity contribution in [2.75, 3.05) is 5.32 Å². The molecule has 1 aromatic heterocycles. The van der Waals surface area contributed by atoms with Crippen molar-refractivity contribution in [1.29, 1.82) is 0 Å². The molecular formula is C19H15NO2. The Morgan fingerprint density at radius 2 is 1.59 bits per heavy atom. The Morgan fingerprint density at radius 1 is 0.818 bits per heavy atom. The van der Waals surface area contributed by atoms with Crippen LogP contribution in [0.25, 0.3) is 21.9 Å². The van der Waals surface area contributed by atoms with E-state index in [1.807, 2.05) is 42.5 Å². The van der Waals surface area contributed by atoms with Crippen LogP contribution in [0.3, 0.4) is 0 Å². The van der Waals surface area contributed by atoms with Gasteiger partial charge in [-0.15, -0.1) is 0 Å². The highest BCUT2D eigenvalue weighted by molar-refractivity contribution is 6.08. The zero-order valence-electron chi connectivity index (χ0n) is 11.9. The predicted octanol–water partition coefficient (Wildman–Crippen LogP) is 4.90. The summed E-state index contributed by atoms with van der Waals surface area (Å²) in [6, 6.07) is 21.4. The summed E-state index contributed by atoms with van der Waals surface area (Å²) in [5.74, 6) is 0.281. The van der Waals surface area contributed by atoms with Gasteiger partial charge in [-0.1, -0.05) is 42.5 Å². The topological polar surface area (TPSA) is 45.4 Å². The van der Waals surface area contributed by atoms with E-state index in [4.69, 9.17) is 4.42 Å². The Hall–Kier alpha value is -2.94. The van der Waals surface area contributed by atoms with Gasteiger partial charge in [0.2, 0.25) is 0 Å². The van der Waals surface area contributed by atoms with Gasteiger partial charge in [-0.05, 0) is 29.8 Å². The number of para-hydroxylation sites is 2. The zero-order chi connectivity index (χ0) is 14.9. The summed E-state index contributed by atoms with van der Waals surface area (Å²) in [4.78, 5) is 0. The summed E-state index contributed by atoms with van der Waals surface area (Å²) in [5, 5.41) is 15.0. The van der Waals surface area contributed by atoms with Gasteiger partial charge < -0.3 is 14.8 Å². The lowest BCUT2D eigenvalue weighted by Gasteiger charge is -2.07. The first-order valence-electron chi connectivity index (χ1n) is 7.23. The van der Waals surface area contributed by atoms with Gasteiger partial charge in [0.15, 0.2) is 5.58 Å². The molecule has 0 radical (unpaired) electrons. The van der Waals surface area contributed by atoms with Crippen LogP contribution in [0.2, 0.25) is 0 Å². The number of hydrogen-bond acceptors (Lipinski definition) is 3. The SMILES string of the molecule is Oc1ccc(CNc2cccc3c2oc2ccccc23)cc1. The van der Waals surface area contributed by atoms with Gasteiger partial charge in [0.25, 0.3) is 0 Å². The van der Waals surface area contributed by atoms with Gasteiger partial charge in [-0.2, -0.15) is 0 Å². The molecule has 1 heterocycles. The Morgan fingerprint density at radius 3 is 2.45 bits per heavy atom. The number of anilines is 1. The van der Waals surface area contributed by atoms with Crippen LogP contribution in [0.1, 0.15) is 5.56 Å². The number of rotatable bonds is 3. The number of benzene rings is 3. The van der Waals surface area contributed by atoms with Crippen molar-refractivity contribution in [2.24, 2.45) is 0 Å². The molecule has 0 saturated heterocycles. The minimum Gasteiger partial charge on any atom is -0.508 e. The smallest absolute Gasteiger partial charge is 0.158 e. The predicted molar refractivity (Wildman–Crippen MR) is 89.2 cm³/mol. The van der Waals surface area contributed by atoms with E-state index in [2.05, 4.69) is 17.4 Å². The maximum absolute atomic E-state index is 9.33. The van der Waals surface area contributed by atoms with Gasteiger partial charge in [0.05, 0.1) is 5.69 Å². The third-order valence-electron chi connectivity index (χ3n) is 3.82. The normalized spacial score (nSPS) is 11.1. The molecule has 0 atom stereocenters. The van der Waals surface area contributed by atoms with E-state index in [0.717, 1.165) is 33.2 Å². The van der Waals surface area contributed by atoms with Crippen molar-refractivity contribution in [3.8, 4) is 5.75 Å². The van der Waals surface area contributed by atoms with Gasteiger partial charge in [-0.25, -0.2) is 0 Å². The Balaban J connectivity index is 1.70. The largest absolute Gasteiger partial charge is 0.508 e. The van der Waals surface area contributed by atoms with E-state index in [1.54, 1.807) is 12.1 Å². The maximum Gasteiger partial charge on any atom is 0.158 e. The lowest BCUT2D eigenvalue weighted by atomic mass is 10.1. The van der Waals surface area contributed by atoms with Crippen LogP contribution >= 0.6 is 0 Å². The van der Waals surface area contributed by atoms with E-state index in [1.165, 1.54) is 0 Å². The van der Waals surface area contributed by atoms with E-state index in [-0.39, 0.29) is 5.75 Å². The first-order chi connectivity index (χ1) is 10.8. The molecule has 0 aliphatic heterocycles. The van der Waals surface area contributed by atoms with Crippen LogP contribution < -0.4 is 5.32 Å². The minimum absolute atomic E-state index is 0.281. The summed E-state index contributed by atoms with van der Waals surface area (Å²) >= 11 is 0. The minimum atomic E-state index is 0.281. The molecule has 22 heavy (non-hydrogen) atoms. The Labute approximate surface area is 127 Å². The standard InChI is InChI=1S/C19H15NO2/c21-14-10-8-13(9-11-14)12-20-17-6-3-5-16-15-4-1-2-7-18(15)22-19(16)17/h1-11,20-21H,12H2. The second-order valence-corrected chi connectivity index (χ2v) is 5.30. The van der Waals surface area contributed by atoms with Crippen LogP contribution in [-0.4, -0.2) is 5.11 Å². The quantitative estimate of drug-likeness (QED) is 0.563. The summed E-state index contributed by atoms with van der Waals surface area (Å²) in [6.45, 7) is 0.677. The fraction of sp³-hybridized carbons (Fsp3) is 0.0526. The second-order valence-electron chi connectivity index (χ2n) is 5.30. The Bertz CT molecular complexity index is 939. The van der Waals surface area contributed by atoms with Crippen molar-refractivity contribution in [2.45, 2.75) is 6.54 Å². The maximum atomic E-state index is 9.33. The van der Waals surface area contributed by atoms with Crippen molar-refractivity contribution in [3.63, 3.8) is 0 Å². The molecule has 4 aromatic rings. The van der Waals surface area contributed by atoms with Gasteiger partial charge in [0, 0.05) is 17.3 Å². The van der Waals surface area contributed by atoms with Gasteiger partial charge in [-0.3, -0.25) is 0 Å². The van der Waals surface area contributed by atoms with Gasteiger partial charge >= 0.3 is 0 Å². The van der Waals surface area contributed by atoms with Crippen LogP contribution in [-0.2, 0) is 6.54 Å². The number of hydrogen-bond donors (Lipinski definition) is 2. The number of fused-ring (bicyclic) bond motifs is 3. The summed E-state index contributed by atoms with van der Waals surface area (Å²) in [6.07, 6.45) is 0. The molecule has 0 aliphatic carbocycles. The fourth-order valence-corrected chi connectivity index (χ4v) is 2.70. The number of furan rings is 1. The molecule has 4 rings (SSSR count). The number of phenolic OH excluding ortho intramolecular Hbond substituents is 1. The van der Waals surface area contributed by atoms with E-state index in [0.29, 0.717) is 6.54 Å². The van der Waals surface area contributed by atoms with Crippen LogP contribution in [0.15, 0.2) is 71.1 Å². The molecule has 3 heteroatoms. The fourth-order valence-electron chi connectivity index (χ4n) is 2.70. The lowest BCUT2D eigenvalue weighted by molar-refractivity contribution is 0.475. The zero-order valence-corrected chi connectivity index (χ0v) is 11.9. The highest BCUT2D eigenvalue weighted by Crippen LogP contribution is 2.33. The van der Waals surface area contributed by atoms with Crippen LogP contribution in [0.5, 0.6) is 5.75 Å². The average Bonchev–Trinajstić information content (AvgIpc) is 2.94.